The molecule has 0 atom stereocenters. The molecule has 0 saturated heterocycles. The van der Waals surface area contributed by atoms with Crippen LogP contribution in [0.15, 0.2) is 29.4 Å². The lowest BCUT2D eigenvalue weighted by atomic mass is 10.2. The highest BCUT2D eigenvalue weighted by Crippen LogP contribution is 2.28. The van der Waals surface area contributed by atoms with Gasteiger partial charge in [-0.1, -0.05) is 23.4 Å². The van der Waals surface area contributed by atoms with Gasteiger partial charge in [-0.05, 0) is 23.8 Å². The molecule has 19 heavy (non-hydrogen) atoms. The Kier molecular flexibility index (Phi) is 4.34. The molecule has 2 aromatic rings. The van der Waals surface area contributed by atoms with Crippen molar-refractivity contribution in [2.45, 2.75) is 10.9 Å². The van der Waals surface area contributed by atoms with Gasteiger partial charge in [0.1, 0.15) is 11.6 Å². The number of aromatic nitrogens is 2. The molecule has 5 nitrogen and oxygen atoms in total. The zero-order valence-electron chi connectivity index (χ0n) is 10.1. The summed E-state index contributed by atoms with van der Waals surface area (Å²) in [6.07, 6.45) is 0. The van der Waals surface area contributed by atoms with Crippen molar-refractivity contribution in [2.24, 2.45) is 0 Å². The van der Waals surface area contributed by atoms with Gasteiger partial charge < -0.3 is 15.6 Å². The molecule has 0 spiro atoms. The van der Waals surface area contributed by atoms with E-state index in [1.807, 2.05) is 6.07 Å². The topological polar surface area (TPSA) is 81.3 Å². The first-order chi connectivity index (χ1) is 9.08. The molecule has 0 aliphatic heterocycles. The quantitative estimate of drug-likeness (QED) is 0.667. The fraction of sp³-hybridized carbons (Fsp3) is 0.167. The van der Waals surface area contributed by atoms with Gasteiger partial charge in [0.25, 0.3) is 0 Å². The van der Waals surface area contributed by atoms with Gasteiger partial charge in [0.15, 0.2) is 5.16 Å². The molecule has 0 fully saturated rings. The standard InChI is InChI=1S/C12H12ClN3O2S/c1-18-8-2-3-9(13)7(4-8)6-19-12-15-10(14)5-11(17)16-12/h2-5H,6H2,1H3,(H3,14,15,16,17). The third-order valence-electron chi connectivity index (χ3n) is 2.32. The van der Waals surface area contributed by atoms with Crippen LogP contribution in [0.1, 0.15) is 5.56 Å². The largest absolute Gasteiger partial charge is 0.497 e. The average Bonchev–Trinajstić information content (AvgIpc) is 2.37. The fourth-order valence-corrected chi connectivity index (χ4v) is 2.54. The van der Waals surface area contributed by atoms with Gasteiger partial charge >= 0.3 is 0 Å². The van der Waals surface area contributed by atoms with E-state index >= 15 is 0 Å². The number of thioether (sulfide) groups is 1. The summed E-state index contributed by atoms with van der Waals surface area (Å²) < 4.78 is 5.14. The first-order valence-electron chi connectivity index (χ1n) is 5.37. The lowest BCUT2D eigenvalue weighted by Crippen LogP contribution is -1.95. The van der Waals surface area contributed by atoms with Gasteiger partial charge in [-0.25, -0.2) is 4.98 Å². The molecule has 0 radical (unpaired) electrons. The van der Waals surface area contributed by atoms with Crippen LogP contribution in [0.5, 0.6) is 11.6 Å². The maximum atomic E-state index is 9.34. The van der Waals surface area contributed by atoms with Crippen molar-refractivity contribution in [1.29, 1.82) is 0 Å². The molecule has 100 valence electrons. The van der Waals surface area contributed by atoms with Crippen LogP contribution in [0.25, 0.3) is 0 Å². The molecule has 7 heteroatoms. The maximum absolute atomic E-state index is 9.34. The lowest BCUT2D eigenvalue weighted by Gasteiger charge is -2.06. The van der Waals surface area contributed by atoms with Crippen LogP contribution in [0, 0.1) is 0 Å². The summed E-state index contributed by atoms with van der Waals surface area (Å²) in [5.74, 6) is 1.37. The highest BCUT2D eigenvalue weighted by atomic mass is 35.5. The number of methoxy groups -OCH3 is 1. The second-order valence-corrected chi connectivity index (χ2v) is 5.03. The molecule has 0 aliphatic carbocycles. The number of ether oxygens (including phenoxy) is 1. The van der Waals surface area contributed by atoms with E-state index < -0.39 is 0 Å². The Morgan fingerprint density at radius 2 is 2.16 bits per heavy atom. The van der Waals surface area contributed by atoms with Crippen molar-refractivity contribution in [2.75, 3.05) is 12.8 Å². The summed E-state index contributed by atoms with van der Waals surface area (Å²) in [5.41, 5.74) is 6.43. The minimum atomic E-state index is -0.147. The predicted octanol–water partition coefficient (Wildman–Crippen LogP) is 2.72. The number of hydrogen-bond acceptors (Lipinski definition) is 6. The number of halogens is 1. The first-order valence-corrected chi connectivity index (χ1v) is 6.73. The van der Waals surface area contributed by atoms with Gasteiger partial charge in [-0.3, -0.25) is 0 Å². The number of rotatable bonds is 4. The normalized spacial score (nSPS) is 10.4. The average molecular weight is 298 g/mol. The first kappa shape index (κ1) is 13.8. The SMILES string of the molecule is COc1ccc(Cl)c(CSc2nc(N)cc(O)n2)c1. The van der Waals surface area contributed by atoms with E-state index in [0.717, 1.165) is 11.3 Å². The Morgan fingerprint density at radius 3 is 2.84 bits per heavy atom. The molecule has 1 aromatic carbocycles. The van der Waals surface area contributed by atoms with Crippen molar-refractivity contribution < 1.29 is 9.84 Å². The third-order valence-corrected chi connectivity index (χ3v) is 3.59. The Bertz CT molecular complexity index is 575. The Hall–Kier alpha value is -1.66. The molecular weight excluding hydrogens is 286 g/mol. The summed E-state index contributed by atoms with van der Waals surface area (Å²) in [7, 11) is 1.60. The number of nitrogen functional groups attached to an aromatic ring is 1. The molecule has 0 saturated carbocycles. The second kappa shape index (κ2) is 5.99. The zero-order chi connectivity index (χ0) is 13.8. The predicted molar refractivity (Wildman–Crippen MR) is 75.7 cm³/mol. The summed E-state index contributed by atoms with van der Waals surface area (Å²) in [4.78, 5) is 7.89. The van der Waals surface area contributed by atoms with Gasteiger partial charge in [-0.2, -0.15) is 4.98 Å². The highest BCUT2D eigenvalue weighted by molar-refractivity contribution is 7.98. The van der Waals surface area contributed by atoms with Crippen LogP contribution in [0.3, 0.4) is 0 Å². The maximum Gasteiger partial charge on any atom is 0.216 e. The van der Waals surface area contributed by atoms with E-state index in [1.165, 1.54) is 17.8 Å². The van der Waals surface area contributed by atoms with E-state index in [1.54, 1.807) is 19.2 Å². The van der Waals surface area contributed by atoms with Crippen molar-refractivity contribution in [3.8, 4) is 11.6 Å². The van der Waals surface area contributed by atoms with Gasteiger partial charge in [-0.15, -0.1) is 0 Å². The minimum absolute atomic E-state index is 0.147. The summed E-state index contributed by atoms with van der Waals surface area (Å²) >= 11 is 7.43. The smallest absolute Gasteiger partial charge is 0.216 e. The van der Waals surface area contributed by atoms with E-state index in [0.29, 0.717) is 15.9 Å². The fourth-order valence-electron chi connectivity index (χ4n) is 1.43. The Labute approximate surface area is 119 Å². The van der Waals surface area contributed by atoms with Crippen LogP contribution in [-0.4, -0.2) is 22.2 Å². The number of anilines is 1. The molecule has 0 amide bonds. The highest BCUT2D eigenvalue weighted by Gasteiger charge is 2.07. The van der Waals surface area contributed by atoms with Gasteiger partial charge in [0.2, 0.25) is 5.88 Å². The summed E-state index contributed by atoms with van der Waals surface area (Å²) in [5, 5.41) is 10.4. The molecule has 0 aliphatic rings. The summed E-state index contributed by atoms with van der Waals surface area (Å²) in [6, 6.07) is 6.71. The molecule has 2 rings (SSSR count). The summed E-state index contributed by atoms with van der Waals surface area (Å²) in [6.45, 7) is 0. The van der Waals surface area contributed by atoms with E-state index in [-0.39, 0.29) is 11.7 Å². The van der Waals surface area contributed by atoms with Crippen LogP contribution >= 0.6 is 23.4 Å². The number of hydrogen-bond donors (Lipinski definition) is 2. The van der Waals surface area contributed by atoms with Crippen LogP contribution in [0.2, 0.25) is 5.02 Å². The molecule has 1 aromatic heterocycles. The zero-order valence-corrected chi connectivity index (χ0v) is 11.7. The van der Waals surface area contributed by atoms with Gasteiger partial charge in [0.05, 0.1) is 7.11 Å². The van der Waals surface area contributed by atoms with Crippen LogP contribution in [-0.2, 0) is 5.75 Å². The van der Waals surface area contributed by atoms with Crippen molar-refractivity contribution in [1.82, 2.24) is 9.97 Å². The number of nitrogens with two attached hydrogens (primary N) is 1. The molecule has 0 bridgehead atoms. The van der Waals surface area contributed by atoms with Crippen LogP contribution < -0.4 is 10.5 Å². The van der Waals surface area contributed by atoms with E-state index in [4.69, 9.17) is 22.1 Å². The lowest BCUT2D eigenvalue weighted by molar-refractivity contribution is 0.414. The minimum Gasteiger partial charge on any atom is -0.497 e. The molecule has 0 unspecified atom stereocenters. The molecular formula is C12H12ClN3O2S. The monoisotopic (exact) mass is 297 g/mol. The molecule has 3 N–H and O–H groups in total. The van der Waals surface area contributed by atoms with Crippen LogP contribution in [0.4, 0.5) is 5.82 Å². The number of aromatic hydroxyl groups is 1. The Balaban J connectivity index is 2.13. The van der Waals surface area contributed by atoms with E-state index in [2.05, 4.69) is 9.97 Å². The number of benzene rings is 1. The Morgan fingerprint density at radius 1 is 1.37 bits per heavy atom. The molecule has 1 heterocycles. The third kappa shape index (κ3) is 3.65. The second-order valence-electron chi connectivity index (χ2n) is 3.68. The van der Waals surface area contributed by atoms with E-state index in [9.17, 15) is 5.11 Å². The number of nitrogens with zero attached hydrogens (tertiary/aromatic N) is 2. The van der Waals surface area contributed by atoms with Crippen molar-refractivity contribution >= 4 is 29.2 Å². The van der Waals surface area contributed by atoms with Crippen molar-refractivity contribution in [3.63, 3.8) is 0 Å². The van der Waals surface area contributed by atoms with Crippen molar-refractivity contribution in [3.05, 3.63) is 34.9 Å². The van der Waals surface area contributed by atoms with Gasteiger partial charge in [0, 0.05) is 16.8 Å².